The highest BCUT2D eigenvalue weighted by Crippen LogP contribution is 2.45. The zero-order valence-electron chi connectivity index (χ0n) is 33.9. The first kappa shape index (κ1) is 35.7. The van der Waals surface area contributed by atoms with E-state index >= 15 is 0 Å². The van der Waals surface area contributed by atoms with E-state index in [0.29, 0.717) is 0 Å². The minimum Gasteiger partial charge on any atom is -0.455 e. The number of rotatable bonds is 7. The Kier molecular flexibility index (Phi) is 8.53. The van der Waals surface area contributed by atoms with Crippen molar-refractivity contribution in [1.29, 1.82) is 0 Å². The molecule has 0 unspecified atom stereocenters. The first-order valence-corrected chi connectivity index (χ1v) is 21.2. The standard InChI is InChI=1S/C60H39NO/c1-2-14-44(15-3-1)56-25-12-26-58-57-34-33-50(39-59(57)62-60(56)58)61(49-31-29-41(30-32-49)46-28-27-40-13-4-5-18-45(40)35-46)51-37-47(54-23-10-19-42-16-6-8-21-52(42)54)36-48(38-51)55-24-11-20-43-17-7-9-22-53(43)55/h1-39H. The number of hydrogen-bond acceptors (Lipinski definition) is 2. The van der Waals surface area contributed by atoms with Gasteiger partial charge >= 0.3 is 0 Å². The van der Waals surface area contributed by atoms with Gasteiger partial charge in [-0.3, -0.25) is 0 Å². The number of fused-ring (bicyclic) bond motifs is 6. The predicted octanol–water partition coefficient (Wildman–Crippen LogP) is 17.2. The summed E-state index contributed by atoms with van der Waals surface area (Å²) in [6.45, 7) is 0. The molecule has 2 heteroatoms. The third-order valence-corrected chi connectivity index (χ3v) is 12.4. The minimum atomic E-state index is 0.846. The Morgan fingerprint density at radius 3 is 1.52 bits per heavy atom. The Labute approximate surface area is 360 Å². The lowest BCUT2D eigenvalue weighted by Crippen LogP contribution is -2.10. The first-order chi connectivity index (χ1) is 30.7. The third-order valence-electron chi connectivity index (χ3n) is 12.4. The van der Waals surface area contributed by atoms with Crippen molar-refractivity contribution in [1.82, 2.24) is 0 Å². The zero-order valence-corrected chi connectivity index (χ0v) is 33.9. The van der Waals surface area contributed by atoms with Crippen LogP contribution in [-0.4, -0.2) is 0 Å². The van der Waals surface area contributed by atoms with E-state index in [4.69, 9.17) is 4.42 Å². The maximum absolute atomic E-state index is 6.87. The SMILES string of the molecule is c1ccc(-c2cccc3c2oc2cc(N(c4ccc(-c5ccc6ccccc6c5)cc4)c4cc(-c5cccc6ccccc56)cc(-c5cccc6ccccc56)c4)ccc23)cc1. The molecule has 2 nitrogen and oxygen atoms in total. The van der Waals surface area contributed by atoms with Crippen molar-refractivity contribution in [2.24, 2.45) is 0 Å². The topological polar surface area (TPSA) is 16.4 Å². The van der Waals surface area contributed by atoms with E-state index in [1.54, 1.807) is 0 Å². The van der Waals surface area contributed by atoms with Crippen LogP contribution in [0.4, 0.5) is 17.1 Å². The van der Waals surface area contributed by atoms with Crippen LogP contribution in [0.15, 0.2) is 241 Å². The molecular formula is C60H39NO. The van der Waals surface area contributed by atoms with Crippen molar-refractivity contribution in [3.63, 3.8) is 0 Å². The van der Waals surface area contributed by atoms with E-state index in [1.807, 2.05) is 0 Å². The van der Waals surface area contributed by atoms with Crippen LogP contribution < -0.4 is 4.90 Å². The van der Waals surface area contributed by atoms with Crippen LogP contribution in [0, 0.1) is 0 Å². The summed E-state index contributed by atoms with van der Waals surface area (Å²) in [6, 6.07) is 85.6. The predicted molar refractivity (Wildman–Crippen MR) is 263 cm³/mol. The van der Waals surface area contributed by atoms with Gasteiger partial charge in [0.2, 0.25) is 0 Å². The monoisotopic (exact) mass is 789 g/mol. The average Bonchev–Trinajstić information content (AvgIpc) is 3.72. The van der Waals surface area contributed by atoms with Gasteiger partial charge in [-0.05, 0) is 120 Å². The molecule has 0 aliphatic rings. The van der Waals surface area contributed by atoms with Crippen molar-refractivity contribution in [2.75, 3.05) is 4.90 Å². The van der Waals surface area contributed by atoms with Crippen LogP contribution in [0.2, 0.25) is 0 Å². The van der Waals surface area contributed by atoms with E-state index in [9.17, 15) is 0 Å². The highest BCUT2D eigenvalue weighted by atomic mass is 16.3. The Morgan fingerprint density at radius 1 is 0.258 bits per heavy atom. The summed E-state index contributed by atoms with van der Waals surface area (Å²) >= 11 is 0. The highest BCUT2D eigenvalue weighted by Gasteiger charge is 2.20. The molecule has 0 radical (unpaired) electrons. The van der Waals surface area contributed by atoms with Gasteiger partial charge in [-0.25, -0.2) is 0 Å². The van der Waals surface area contributed by atoms with Gasteiger partial charge in [-0.1, -0.05) is 182 Å². The van der Waals surface area contributed by atoms with Crippen molar-refractivity contribution in [3.8, 4) is 44.5 Å². The zero-order chi connectivity index (χ0) is 41.0. The molecule has 1 heterocycles. The second kappa shape index (κ2) is 14.8. The Bertz CT molecular complexity index is 3530. The van der Waals surface area contributed by atoms with Gasteiger partial charge < -0.3 is 9.32 Å². The van der Waals surface area contributed by atoms with Crippen molar-refractivity contribution in [3.05, 3.63) is 237 Å². The smallest absolute Gasteiger partial charge is 0.143 e. The van der Waals surface area contributed by atoms with Gasteiger partial charge in [-0.2, -0.15) is 0 Å². The largest absolute Gasteiger partial charge is 0.455 e. The summed E-state index contributed by atoms with van der Waals surface area (Å²) < 4.78 is 6.87. The lowest BCUT2D eigenvalue weighted by molar-refractivity contribution is 0.670. The number of hydrogen-bond donors (Lipinski definition) is 0. The quantitative estimate of drug-likeness (QED) is 0.160. The molecule has 0 bridgehead atoms. The van der Waals surface area contributed by atoms with Crippen LogP contribution in [0.5, 0.6) is 0 Å². The Hall–Kier alpha value is -8.20. The summed E-state index contributed by atoms with van der Waals surface area (Å²) in [5.74, 6) is 0. The lowest BCUT2D eigenvalue weighted by atomic mass is 9.92. The molecule has 11 aromatic carbocycles. The average molecular weight is 790 g/mol. The molecule has 0 fully saturated rings. The number of anilines is 3. The molecule has 0 atom stereocenters. The number of furan rings is 1. The summed E-state index contributed by atoms with van der Waals surface area (Å²) in [4.78, 5) is 2.39. The van der Waals surface area contributed by atoms with Crippen LogP contribution >= 0.6 is 0 Å². The maximum atomic E-state index is 6.87. The lowest BCUT2D eigenvalue weighted by Gasteiger charge is -2.27. The maximum Gasteiger partial charge on any atom is 0.143 e. The van der Waals surface area contributed by atoms with Gasteiger partial charge in [0.15, 0.2) is 0 Å². The molecule has 12 aromatic rings. The molecule has 62 heavy (non-hydrogen) atoms. The fourth-order valence-electron chi connectivity index (χ4n) is 9.40. The molecular weight excluding hydrogens is 751 g/mol. The third kappa shape index (κ3) is 6.20. The number of nitrogens with zero attached hydrogens (tertiary/aromatic N) is 1. The first-order valence-electron chi connectivity index (χ1n) is 21.2. The van der Waals surface area contributed by atoms with Gasteiger partial charge in [0, 0.05) is 39.5 Å². The van der Waals surface area contributed by atoms with Gasteiger partial charge in [-0.15, -0.1) is 0 Å². The normalized spacial score (nSPS) is 11.5. The Balaban J connectivity index is 1.09. The van der Waals surface area contributed by atoms with Crippen LogP contribution in [-0.2, 0) is 0 Å². The van der Waals surface area contributed by atoms with Crippen LogP contribution in [0.25, 0.3) is 98.8 Å². The highest BCUT2D eigenvalue weighted by molar-refractivity contribution is 6.11. The van der Waals surface area contributed by atoms with Crippen molar-refractivity contribution < 1.29 is 4.42 Å². The fraction of sp³-hybridized carbons (Fsp3) is 0. The summed E-state index contributed by atoms with van der Waals surface area (Å²) in [7, 11) is 0. The summed E-state index contributed by atoms with van der Waals surface area (Å²) in [5.41, 5.74) is 14.1. The number of para-hydroxylation sites is 1. The molecule has 0 spiro atoms. The number of benzene rings is 11. The molecule has 0 amide bonds. The van der Waals surface area contributed by atoms with E-state index in [2.05, 4.69) is 241 Å². The molecule has 0 saturated heterocycles. The molecule has 0 saturated carbocycles. The molecule has 1 aromatic heterocycles. The second-order valence-electron chi connectivity index (χ2n) is 16.1. The van der Waals surface area contributed by atoms with E-state index in [0.717, 1.165) is 61.3 Å². The molecule has 0 aliphatic heterocycles. The minimum absolute atomic E-state index is 0.846. The van der Waals surface area contributed by atoms with Gasteiger partial charge in [0.05, 0.1) is 0 Å². The van der Waals surface area contributed by atoms with Gasteiger partial charge in [0.25, 0.3) is 0 Å². The van der Waals surface area contributed by atoms with Crippen molar-refractivity contribution in [2.45, 2.75) is 0 Å². The Morgan fingerprint density at radius 2 is 0.806 bits per heavy atom. The van der Waals surface area contributed by atoms with Gasteiger partial charge in [0.1, 0.15) is 11.2 Å². The van der Waals surface area contributed by atoms with E-state index in [1.165, 1.54) is 54.6 Å². The molecule has 12 rings (SSSR count). The van der Waals surface area contributed by atoms with E-state index < -0.39 is 0 Å². The fourth-order valence-corrected chi connectivity index (χ4v) is 9.40. The van der Waals surface area contributed by atoms with Crippen LogP contribution in [0.3, 0.4) is 0 Å². The molecule has 0 aliphatic carbocycles. The summed E-state index contributed by atoms with van der Waals surface area (Å²) in [5, 5.41) is 9.55. The van der Waals surface area contributed by atoms with Crippen molar-refractivity contribution >= 4 is 71.3 Å². The second-order valence-corrected chi connectivity index (χ2v) is 16.1. The van der Waals surface area contributed by atoms with E-state index in [-0.39, 0.29) is 0 Å². The molecule has 290 valence electrons. The van der Waals surface area contributed by atoms with Crippen LogP contribution in [0.1, 0.15) is 0 Å². The molecule has 0 N–H and O–H groups in total. The summed E-state index contributed by atoms with van der Waals surface area (Å²) in [6.07, 6.45) is 0.